The van der Waals surface area contributed by atoms with Crippen LogP contribution in [0.5, 0.6) is 0 Å². The largest absolute Gasteiger partial charge is 0.329 e. The van der Waals surface area contributed by atoms with Crippen molar-refractivity contribution in [3.63, 3.8) is 0 Å². The summed E-state index contributed by atoms with van der Waals surface area (Å²) in [4.78, 5) is 1.98. The van der Waals surface area contributed by atoms with Gasteiger partial charge >= 0.3 is 0 Å². The van der Waals surface area contributed by atoms with Crippen molar-refractivity contribution in [3.05, 3.63) is 0 Å². The first-order valence-electron chi connectivity index (χ1n) is 3.30. The molecule has 0 saturated carbocycles. The summed E-state index contributed by atoms with van der Waals surface area (Å²) >= 11 is 0. The number of nitrogens with two attached hydrogens (primary N) is 1. The molecule has 1 rings (SSSR count). The van der Waals surface area contributed by atoms with Gasteiger partial charge in [0.05, 0.1) is 6.04 Å². The first-order valence-corrected chi connectivity index (χ1v) is 3.30. The molecular formula is C6H13FN2. The van der Waals surface area contributed by atoms with E-state index in [-0.39, 0.29) is 6.04 Å². The van der Waals surface area contributed by atoms with Gasteiger partial charge in [-0.05, 0) is 13.5 Å². The lowest BCUT2D eigenvalue weighted by Gasteiger charge is -2.17. The molecule has 0 aromatic carbocycles. The van der Waals surface area contributed by atoms with E-state index in [0.717, 1.165) is 6.54 Å². The van der Waals surface area contributed by atoms with Crippen LogP contribution in [-0.4, -0.2) is 37.3 Å². The first-order chi connectivity index (χ1) is 4.25. The predicted octanol–water partition coefficient (Wildman–Crippen LogP) is -0.0127. The van der Waals surface area contributed by atoms with E-state index in [2.05, 4.69) is 0 Å². The van der Waals surface area contributed by atoms with E-state index in [1.165, 1.54) is 0 Å². The molecular weight excluding hydrogens is 119 g/mol. The van der Waals surface area contributed by atoms with E-state index < -0.39 is 6.17 Å². The molecule has 2 atom stereocenters. The predicted molar refractivity (Wildman–Crippen MR) is 35.0 cm³/mol. The molecule has 0 radical (unpaired) electrons. The number of hydrogen-bond acceptors (Lipinski definition) is 2. The summed E-state index contributed by atoms with van der Waals surface area (Å²) in [6.45, 7) is 1.29. The van der Waals surface area contributed by atoms with Crippen molar-refractivity contribution in [2.45, 2.75) is 18.6 Å². The fraction of sp³-hybridized carbons (Fsp3) is 1.00. The number of halogens is 1. The molecule has 1 aliphatic heterocycles. The summed E-state index contributed by atoms with van der Waals surface area (Å²) in [7, 11) is 1.91. The van der Waals surface area contributed by atoms with Gasteiger partial charge in [-0.1, -0.05) is 0 Å². The van der Waals surface area contributed by atoms with Crippen LogP contribution in [0.15, 0.2) is 0 Å². The molecule has 2 N–H and O–H groups in total. The fourth-order valence-corrected chi connectivity index (χ4v) is 1.29. The van der Waals surface area contributed by atoms with E-state index in [4.69, 9.17) is 5.73 Å². The third-order valence-corrected chi connectivity index (χ3v) is 1.98. The summed E-state index contributed by atoms with van der Waals surface area (Å²) in [5, 5.41) is 0. The summed E-state index contributed by atoms with van der Waals surface area (Å²) < 4.78 is 12.7. The molecule has 2 unspecified atom stereocenters. The Bertz CT molecular complexity index is 87.1. The highest BCUT2D eigenvalue weighted by atomic mass is 19.1. The minimum Gasteiger partial charge on any atom is -0.329 e. The van der Waals surface area contributed by atoms with Crippen LogP contribution in [0.25, 0.3) is 0 Å². The highest BCUT2D eigenvalue weighted by molar-refractivity contribution is 4.85. The standard InChI is InChI=1S/C6H13FN2/c1-9-3-2-5(7)6(9)4-8/h5-6H,2-4,8H2,1H3. The zero-order chi connectivity index (χ0) is 6.85. The molecule has 2 nitrogen and oxygen atoms in total. The molecule has 1 heterocycles. The van der Waals surface area contributed by atoms with Crippen molar-refractivity contribution < 1.29 is 4.39 Å². The van der Waals surface area contributed by atoms with Crippen LogP contribution >= 0.6 is 0 Å². The van der Waals surface area contributed by atoms with E-state index >= 15 is 0 Å². The molecule has 0 aromatic heterocycles. The third kappa shape index (κ3) is 1.22. The average molecular weight is 132 g/mol. The van der Waals surface area contributed by atoms with Crippen LogP contribution in [0.3, 0.4) is 0 Å². The van der Waals surface area contributed by atoms with Crippen molar-refractivity contribution in [1.29, 1.82) is 0 Å². The van der Waals surface area contributed by atoms with Crippen LogP contribution < -0.4 is 5.73 Å². The monoisotopic (exact) mass is 132 g/mol. The van der Waals surface area contributed by atoms with Crippen molar-refractivity contribution in [3.8, 4) is 0 Å². The Labute approximate surface area is 54.8 Å². The summed E-state index contributed by atoms with van der Waals surface area (Å²) in [6, 6.07) is -0.0231. The second-order valence-electron chi connectivity index (χ2n) is 2.59. The Morgan fingerprint density at radius 1 is 1.78 bits per heavy atom. The quantitative estimate of drug-likeness (QED) is 0.543. The maximum atomic E-state index is 12.7. The van der Waals surface area contributed by atoms with Crippen molar-refractivity contribution >= 4 is 0 Å². The van der Waals surface area contributed by atoms with Crippen LogP contribution in [0, 0.1) is 0 Å². The molecule has 54 valence electrons. The summed E-state index contributed by atoms with van der Waals surface area (Å²) in [5.41, 5.74) is 5.33. The minimum atomic E-state index is -0.694. The van der Waals surface area contributed by atoms with E-state index in [9.17, 15) is 4.39 Å². The Morgan fingerprint density at radius 3 is 2.67 bits per heavy atom. The molecule has 0 bridgehead atoms. The van der Waals surface area contributed by atoms with Crippen molar-refractivity contribution in [2.75, 3.05) is 20.1 Å². The summed E-state index contributed by atoms with van der Waals surface area (Å²) in [6.07, 6.45) is -0.0433. The topological polar surface area (TPSA) is 29.3 Å². The zero-order valence-electron chi connectivity index (χ0n) is 5.68. The van der Waals surface area contributed by atoms with Crippen LogP contribution in [0.2, 0.25) is 0 Å². The Balaban J connectivity index is 2.44. The van der Waals surface area contributed by atoms with E-state index in [1.54, 1.807) is 0 Å². The lowest BCUT2D eigenvalue weighted by Crippen LogP contribution is -2.37. The third-order valence-electron chi connectivity index (χ3n) is 1.98. The molecule has 0 aromatic rings. The lowest BCUT2D eigenvalue weighted by molar-refractivity contribution is 0.228. The van der Waals surface area contributed by atoms with Gasteiger partial charge in [-0.25, -0.2) is 4.39 Å². The van der Waals surface area contributed by atoms with Gasteiger partial charge in [-0.15, -0.1) is 0 Å². The number of likely N-dealkylation sites (tertiary alicyclic amines) is 1. The Hall–Kier alpha value is -0.150. The second-order valence-corrected chi connectivity index (χ2v) is 2.59. The van der Waals surface area contributed by atoms with Crippen LogP contribution in [0.4, 0.5) is 4.39 Å². The maximum absolute atomic E-state index is 12.7. The molecule has 1 aliphatic rings. The Kier molecular flexibility index (Phi) is 2.03. The zero-order valence-corrected chi connectivity index (χ0v) is 5.68. The highest BCUT2D eigenvalue weighted by Gasteiger charge is 2.29. The molecule has 3 heteroatoms. The minimum absolute atomic E-state index is 0.0231. The lowest BCUT2D eigenvalue weighted by atomic mass is 10.2. The van der Waals surface area contributed by atoms with Gasteiger partial charge < -0.3 is 5.73 Å². The number of alkyl halides is 1. The molecule has 9 heavy (non-hydrogen) atoms. The highest BCUT2D eigenvalue weighted by Crippen LogP contribution is 2.17. The van der Waals surface area contributed by atoms with Gasteiger partial charge in [0.25, 0.3) is 0 Å². The smallest absolute Gasteiger partial charge is 0.118 e. The van der Waals surface area contributed by atoms with Crippen LogP contribution in [0.1, 0.15) is 6.42 Å². The Morgan fingerprint density at radius 2 is 2.44 bits per heavy atom. The number of nitrogens with zero attached hydrogens (tertiary/aromatic N) is 1. The first kappa shape index (κ1) is 6.96. The van der Waals surface area contributed by atoms with Crippen LogP contribution in [-0.2, 0) is 0 Å². The van der Waals surface area contributed by atoms with Gasteiger partial charge in [0.1, 0.15) is 6.17 Å². The van der Waals surface area contributed by atoms with E-state index in [1.807, 2.05) is 11.9 Å². The average Bonchev–Trinajstić information content (AvgIpc) is 2.12. The summed E-state index contributed by atoms with van der Waals surface area (Å²) in [5.74, 6) is 0. The van der Waals surface area contributed by atoms with Gasteiger partial charge in [-0.3, -0.25) is 4.90 Å². The van der Waals surface area contributed by atoms with Gasteiger partial charge in [0, 0.05) is 13.1 Å². The molecule has 1 fully saturated rings. The molecule has 0 aliphatic carbocycles. The molecule has 0 spiro atoms. The second kappa shape index (κ2) is 2.62. The van der Waals surface area contributed by atoms with Crippen molar-refractivity contribution in [1.82, 2.24) is 4.90 Å². The number of hydrogen-bond donors (Lipinski definition) is 1. The normalized spacial score (nSPS) is 37.7. The molecule has 1 saturated heterocycles. The fourth-order valence-electron chi connectivity index (χ4n) is 1.29. The number of likely N-dealkylation sites (N-methyl/N-ethyl adjacent to an activating group) is 1. The maximum Gasteiger partial charge on any atom is 0.118 e. The molecule has 0 amide bonds. The van der Waals surface area contributed by atoms with Gasteiger partial charge in [0.15, 0.2) is 0 Å². The van der Waals surface area contributed by atoms with Gasteiger partial charge in [-0.2, -0.15) is 0 Å². The number of rotatable bonds is 1. The van der Waals surface area contributed by atoms with Gasteiger partial charge in [0.2, 0.25) is 0 Å². The van der Waals surface area contributed by atoms with Crippen molar-refractivity contribution in [2.24, 2.45) is 5.73 Å². The van der Waals surface area contributed by atoms with E-state index in [0.29, 0.717) is 13.0 Å². The SMILES string of the molecule is CN1CCC(F)C1CN.